The van der Waals surface area contributed by atoms with E-state index in [1.54, 1.807) is 0 Å². The molecule has 10 heavy (non-hydrogen) atoms. The van der Waals surface area contributed by atoms with Gasteiger partial charge in [-0.2, -0.15) is 4.89 Å². The maximum atomic E-state index is 10.5. The van der Waals surface area contributed by atoms with Crippen LogP contribution in [0.1, 0.15) is 19.8 Å². The molecule has 0 spiro atoms. The molecule has 4 heteroatoms. The zero-order chi connectivity index (χ0) is 7.82. The first kappa shape index (κ1) is 9.72. The highest BCUT2D eigenvalue weighted by molar-refractivity contribution is 6.17. The lowest BCUT2D eigenvalue weighted by Crippen LogP contribution is -2.05. The lowest BCUT2D eigenvalue weighted by atomic mass is 10.3. The average molecular weight is 167 g/mol. The van der Waals surface area contributed by atoms with Crippen molar-refractivity contribution in [1.82, 2.24) is 0 Å². The van der Waals surface area contributed by atoms with Gasteiger partial charge >= 0.3 is 5.97 Å². The molecule has 0 radical (unpaired) electrons. The van der Waals surface area contributed by atoms with Crippen molar-refractivity contribution in [3.05, 3.63) is 0 Å². The highest BCUT2D eigenvalue weighted by Crippen LogP contribution is 1.91. The summed E-state index contributed by atoms with van der Waals surface area (Å²) in [5.74, 6) is -0.00743. The van der Waals surface area contributed by atoms with Gasteiger partial charge in [0.25, 0.3) is 0 Å². The summed E-state index contributed by atoms with van der Waals surface area (Å²) >= 11 is 5.25. The van der Waals surface area contributed by atoms with Gasteiger partial charge in [-0.25, -0.2) is 4.79 Å². The minimum Gasteiger partial charge on any atom is -0.298 e. The fourth-order valence-corrected chi connectivity index (χ4v) is 0.448. The monoisotopic (exact) mass is 166 g/mol. The van der Waals surface area contributed by atoms with Gasteiger partial charge in [0, 0.05) is 6.42 Å². The summed E-state index contributed by atoms with van der Waals surface area (Å²) in [5.41, 5.74) is 0. The van der Waals surface area contributed by atoms with E-state index in [1.165, 1.54) is 0 Å². The van der Waals surface area contributed by atoms with Gasteiger partial charge in [-0.3, -0.25) is 4.89 Å². The van der Waals surface area contributed by atoms with Crippen LogP contribution in [0.4, 0.5) is 0 Å². The molecule has 0 aromatic rings. The lowest BCUT2D eigenvalue weighted by molar-refractivity contribution is -0.269. The van der Waals surface area contributed by atoms with E-state index in [2.05, 4.69) is 9.78 Å². The predicted molar refractivity (Wildman–Crippen MR) is 37.7 cm³/mol. The Hall–Kier alpha value is -0.280. The summed E-state index contributed by atoms with van der Waals surface area (Å²) in [6.07, 6.45) is 1.16. The Kier molecular flexibility index (Phi) is 6.64. The van der Waals surface area contributed by atoms with Crippen LogP contribution in [0.15, 0.2) is 0 Å². The van der Waals surface area contributed by atoms with Crippen LogP contribution in [0.25, 0.3) is 0 Å². The van der Waals surface area contributed by atoms with Crippen LogP contribution in [-0.2, 0) is 14.6 Å². The molecular weight excluding hydrogens is 156 g/mol. The maximum absolute atomic E-state index is 10.5. The topological polar surface area (TPSA) is 35.5 Å². The van der Waals surface area contributed by atoms with E-state index < -0.39 is 0 Å². The first-order valence-electron chi connectivity index (χ1n) is 3.19. The largest absolute Gasteiger partial charge is 0.342 e. The predicted octanol–water partition coefficient (Wildman–Crippen LogP) is 1.50. The van der Waals surface area contributed by atoms with E-state index in [9.17, 15) is 4.79 Å². The zero-order valence-corrected chi connectivity index (χ0v) is 6.69. The average Bonchev–Trinajstić information content (AvgIpc) is 1.89. The first-order chi connectivity index (χ1) is 4.81. The third-order valence-corrected chi connectivity index (χ3v) is 0.921. The normalized spacial score (nSPS) is 9.40. The van der Waals surface area contributed by atoms with Crippen molar-refractivity contribution >= 4 is 17.6 Å². The van der Waals surface area contributed by atoms with Gasteiger partial charge in [0.1, 0.15) is 6.61 Å². The number of rotatable bonds is 5. The second-order valence-corrected chi connectivity index (χ2v) is 2.09. The Morgan fingerprint density at radius 3 is 2.80 bits per heavy atom. The van der Waals surface area contributed by atoms with Crippen LogP contribution in [0.5, 0.6) is 0 Å². The van der Waals surface area contributed by atoms with Crippen molar-refractivity contribution in [2.45, 2.75) is 19.8 Å². The number of carbonyl (C=O) groups excluding carboxylic acids is 1. The second kappa shape index (κ2) is 6.83. The van der Waals surface area contributed by atoms with E-state index in [0.29, 0.717) is 12.3 Å². The SMILES string of the molecule is CCCC(=O)OOCCCl. The molecule has 0 aliphatic carbocycles. The van der Waals surface area contributed by atoms with Crippen LogP contribution in [0, 0.1) is 0 Å². The molecule has 0 unspecified atom stereocenters. The highest BCUT2D eigenvalue weighted by Gasteiger charge is 1.99. The van der Waals surface area contributed by atoms with E-state index >= 15 is 0 Å². The van der Waals surface area contributed by atoms with Gasteiger partial charge < -0.3 is 0 Å². The molecule has 3 nitrogen and oxygen atoms in total. The Labute approximate surface area is 65.2 Å². The van der Waals surface area contributed by atoms with E-state index in [1.807, 2.05) is 6.92 Å². The zero-order valence-electron chi connectivity index (χ0n) is 5.93. The Bertz CT molecular complexity index is 95.0. The molecule has 0 bridgehead atoms. The summed E-state index contributed by atoms with van der Waals surface area (Å²) in [5, 5.41) is 0. The molecule has 0 aromatic carbocycles. The van der Waals surface area contributed by atoms with Crippen molar-refractivity contribution in [3.8, 4) is 0 Å². The minimum atomic E-state index is -0.340. The van der Waals surface area contributed by atoms with Crippen molar-refractivity contribution in [3.63, 3.8) is 0 Å². The number of hydrogen-bond donors (Lipinski definition) is 0. The molecule has 0 heterocycles. The molecule has 0 amide bonds. The Morgan fingerprint density at radius 2 is 2.30 bits per heavy atom. The van der Waals surface area contributed by atoms with Crippen molar-refractivity contribution < 1.29 is 14.6 Å². The Morgan fingerprint density at radius 1 is 1.60 bits per heavy atom. The highest BCUT2D eigenvalue weighted by atomic mass is 35.5. The standard InChI is InChI=1S/C6H11ClO3/c1-2-3-6(8)10-9-5-4-7/h2-5H2,1H3. The lowest BCUT2D eigenvalue weighted by Gasteiger charge is -1.98. The van der Waals surface area contributed by atoms with Crippen molar-refractivity contribution in [2.75, 3.05) is 12.5 Å². The van der Waals surface area contributed by atoms with Gasteiger partial charge in [0.05, 0.1) is 5.88 Å². The molecule has 0 aromatic heterocycles. The quantitative estimate of drug-likeness (QED) is 0.269. The third-order valence-electron chi connectivity index (χ3n) is 0.766. The van der Waals surface area contributed by atoms with Gasteiger partial charge in [0.15, 0.2) is 0 Å². The number of alkyl halides is 1. The molecule has 0 saturated heterocycles. The molecule has 60 valence electrons. The fourth-order valence-electron chi connectivity index (χ4n) is 0.385. The molecule has 0 aliphatic rings. The first-order valence-corrected chi connectivity index (χ1v) is 3.73. The number of halogens is 1. The molecule has 0 saturated carbocycles. The smallest absolute Gasteiger partial charge is 0.298 e. The maximum Gasteiger partial charge on any atom is 0.342 e. The summed E-state index contributed by atoms with van der Waals surface area (Å²) < 4.78 is 0. The van der Waals surface area contributed by atoms with Crippen LogP contribution in [0.2, 0.25) is 0 Å². The van der Waals surface area contributed by atoms with Crippen molar-refractivity contribution in [2.24, 2.45) is 0 Å². The van der Waals surface area contributed by atoms with Gasteiger partial charge in [0.2, 0.25) is 0 Å². The van der Waals surface area contributed by atoms with Gasteiger partial charge in [-0.15, -0.1) is 11.6 Å². The summed E-state index contributed by atoms with van der Waals surface area (Å²) in [7, 11) is 0. The van der Waals surface area contributed by atoms with E-state index in [-0.39, 0.29) is 12.6 Å². The Balaban J connectivity index is 3.05. The van der Waals surface area contributed by atoms with Gasteiger partial charge in [-0.1, -0.05) is 6.92 Å². The second-order valence-electron chi connectivity index (χ2n) is 1.72. The minimum absolute atomic E-state index is 0.247. The van der Waals surface area contributed by atoms with Crippen LogP contribution in [0.3, 0.4) is 0 Å². The molecule has 0 aliphatic heterocycles. The number of carbonyl (C=O) groups is 1. The van der Waals surface area contributed by atoms with E-state index in [0.717, 1.165) is 6.42 Å². The molecule has 0 fully saturated rings. The van der Waals surface area contributed by atoms with Crippen molar-refractivity contribution in [1.29, 1.82) is 0 Å². The molecular formula is C6H11ClO3. The molecule has 0 N–H and O–H groups in total. The van der Waals surface area contributed by atoms with Crippen LogP contribution in [-0.4, -0.2) is 18.5 Å². The fraction of sp³-hybridized carbons (Fsp3) is 0.833. The summed E-state index contributed by atoms with van der Waals surface area (Å²) in [6, 6.07) is 0. The third kappa shape index (κ3) is 5.85. The number of hydrogen-bond acceptors (Lipinski definition) is 3. The summed E-state index contributed by atoms with van der Waals surface area (Å²) in [6.45, 7) is 2.14. The summed E-state index contributed by atoms with van der Waals surface area (Å²) in [4.78, 5) is 19.2. The van der Waals surface area contributed by atoms with Gasteiger partial charge in [-0.05, 0) is 6.42 Å². The molecule has 0 rings (SSSR count). The molecule has 0 atom stereocenters. The van der Waals surface area contributed by atoms with Crippen LogP contribution < -0.4 is 0 Å². The van der Waals surface area contributed by atoms with E-state index in [4.69, 9.17) is 11.6 Å². The van der Waals surface area contributed by atoms with Crippen LogP contribution >= 0.6 is 11.6 Å².